The quantitative estimate of drug-likeness (QED) is 0.415. The van der Waals surface area contributed by atoms with E-state index in [9.17, 15) is 9.59 Å². The van der Waals surface area contributed by atoms with E-state index in [1.165, 1.54) is 18.2 Å². The molecule has 14 heavy (non-hydrogen) atoms. The Hall–Kier alpha value is -1.84. The fraction of sp³-hybridized carbons (Fsp3) is 0.200. The number of hydrogen-bond acceptors (Lipinski definition) is 4. The van der Waals surface area contributed by atoms with Crippen molar-refractivity contribution in [1.29, 1.82) is 0 Å². The maximum absolute atomic E-state index is 10.9. The van der Waals surface area contributed by atoms with Crippen molar-refractivity contribution >= 4 is 18.3 Å². The van der Waals surface area contributed by atoms with E-state index in [2.05, 4.69) is 4.74 Å². The van der Waals surface area contributed by atoms with Gasteiger partial charge < -0.3 is 9.15 Å². The van der Waals surface area contributed by atoms with Gasteiger partial charge in [0.05, 0.1) is 6.61 Å². The van der Waals surface area contributed by atoms with Gasteiger partial charge in [-0.1, -0.05) is 0 Å². The van der Waals surface area contributed by atoms with Gasteiger partial charge >= 0.3 is 5.97 Å². The summed E-state index contributed by atoms with van der Waals surface area (Å²) >= 11 is 0. The van der Waals surface area contributed by atoms with Gasteiger partial charge in [0.1, 0.15) is 5.76 Å². The first kappa shape index (κ1) is 10.2. The predicted octanol–water partition coefficient (Wildman–Crippen LogP) is 1.67. The molecule has 0 bridgehead atoms. The zero-order valence-corrected chi connectivity index (χ0v) is 7.73. The summed E-state index contributed by atoms with van der Waals surface area (Å²) in [5.41, 5.74) is 0. The molecule has 0 aliphatic rings. The standard InChI is InChI=1S/C10H10O4/c1-2-13-10(12)6-5-8-3-4-9(7-11)14-8/h3-7H,2H2,1H3/b6-5+. The van der Waals surface area contributed by atoms with Gasteiger partial charge in [-0.05, 0) is 25.1 Å². The fourth-order valence-corrected chi connectivity index (χ4v) is 0.862. The molecule has 1 heterocycles. The van der Waals surface area contributed by atoms with E-state index in [4.69, 9.17) is 4.42 Å². The van der Waals surface area contributed by atoms with Crippen LogP contribution in [0.4, 0.5) is 0 Å². The van der Waals surface area contributed by atoms with Gasteiger partial charge in [-0.3, -0.25) is 4.79 Å². The lowest BCUT2D eigenvalue weighted by Gasteiger charge is -1.93. The number of ether oxygens (including phenoxy) is 1. The van der Waals surface area contributed by atoms with E-state index in [-0.39, 0.29) is 5.76 Å². The highest BCUT2D eigenvalue weighted by molar-refractivity contribution is 5.86. The van der Waals surface area contributed by atoms with Crippen LogP contribution in [0.25, 0.3) is 6.08 Å². The van der Waals surface area contributed by atoms with E-state index in [1.54, 1.807) is 13.0 Å². The van der Waals surface area contributed by atoms with E-state index >= 15 is 0 Å². The molecule has 1 rings (SSSR count). The SMILES string of the molecule is CCOC(=O)/C=C/c1ccc(C=O)o1. The minimum absolute atomic E-state index is 0.230. The number of esters is 1. The Labute approximate surface area is 81.2 Å². The summed E-state index contributed by atoms with van der Waals surface area (Å²) < 4.78 is 9.66. The molecule has 0 aliphatic heterocycles. The molecule has 0 N–H and O–H groups in total. The van der Waals surface area contributed by atoms with Crippen LogP contribution in [0.15, 0.2) is 22.6 Å². The smallest absolute Gasteiger partial charge is 0.330 e. The molecular formula is C10H10O4. The molecule has 1 aromatic heterocycles. The summed E-state index contributed by atoms with van der Waals surface area (Å²) in [6, 6.07) is 3.12. The Balaban J connectivity index is 2.59. The highest BCUT2D eigenvalue weighted by atomic mass is 16.5. The molecular weight excluding hydrogens is 184 g/mol. The molecule has 0 amide bonds. The summed E-state index contributed by atoms with van der Waals surface area (Å²) in [5.74, 6) is 0.241. The summed E-state index contributed by atoms with van der Waals surface area (Å²) in [4.78, 5) is 21.1. The maximum Gasteiger partial charge on any atom is 0.330 e. The van der Waals surface area contributed by atoms with Gasteiger partial charge in [-0.15, -0.1) is 0 Å². The van der Waals surface area contributed by atoms with E-state index in [0.29, 0.717) is 18.7 Å². The molecule has 0 aliphatic carbocycles. The molecule has 0 unspecified atom stereocenters. The maximum atomic E-state index is 10.9. The van der Waals surface area contributed by atoms with Crippen molar-refractivity contribution in [1.82, 2.24) is 0 Å². The zero-order chi connectivity index (χ0) is 10.4. The second kappa shape index (κ2) is 5.01. The molecule has 74 valence electrons. The minimum atomic E-state index is -0.434. The van der Waals surface area contributed by atoms with Crippen molar-refractivity contribution in [2.24, 2.45) is 0 Å². The average molecular weight is 194 g/mol. The lowest BCUT2D eigenvalue weighted by molar-refractivity contribution is -0.137. The van der Waals surface area contributed by atoms with Gasteiger partial charge in [-0.2, -0.15) is 0 Å². The first-order chi connectivity index (χ1) is 6.76. The first-order valence-corrected chi connectivity index (χ1v) is 4.16. The van der Waals surface area contributed by atoms with Crippen LogP contribution in [0.2, 0.25) is 0 Å². The monoisotopic (exact) mass is 194 g/mol. The second-order valence-corrected chi connectivity index (χ2v) is 2.44. The Kier molecular flexibility index (Phi) is 3.67. The van der Waals surface area contributed by atoms with Gasteiger partial charge in [-0.25, -0.2) is 4.79 Å². The Bertz CT molecular complexity index is 349. The highest BCUT2D eigenvalue weighted by Gasteiger charge is 1.98. The van der Waals surface area contributed by atoms with Crippen LogP contribution in [0, 0.1) is 0 Å². The van der Waals surface area contributed by atoms with Crippen LogP contribution in [-0.4, -0.2) is 18.9 Å². The fourth-order valence-electron chi connectivity index (χ4n) is 0.862. The first-order valence-electron chi connectivity index (χ1n) is 4.16. The van der Waals surface area contributed by atoms with Crippen LogP contribution in [0.1, 0.15) is 23.2 Å². The number of furan rings is 1. The molecule has 0 radical (unpaired) electrons. The van der Waals surface area contributed by atoms with Crippen molar-refractivity contribution in [3.8, 4) is 0 Å². The van der Waals surface area contributed by atoms with Crippen molar-refractivity contribution < 1.29 is 18.7 Å². The van der Waals surface area contributed by atoms with Crippen molar-refractivity contribution in [2.45, 2.75) is 6.92 Å². The Morgan fingerprint density at radius 3 is 2.79 bits per heavy atom. The zero-order valence-electron chi connectivity index (χ0n) is 7.73. The molecule has 1 aromatic rings. The normalized spacial score (nSPS) is 10.4. The lowest BCUT2D eigenvalue weighted by Crippen LogP contribution is -1.98. The van der Waals surface area contributed by atoms with Gasteiger partial charge in [0, 0.05) is 6.08 Å². The summed E-state index contributed by atoms with van der Waals surface area (Å²) in [7, 11) is 0. The Morgan fingerprint density at radius 2 is 2.21 bits per heavy atom. The summed E-state index contributed by atoms with van der Waals surface area (Å²) in [6.07, 6.45) is 3.30. The molecule has 0 aromatic carbocycles. The molecule has 4 heteroatoms. The summed E-state index contributed by atoms with van der Waals surface area (Å²) in [6.45, 7) is 2.06. The number of hydrogen-bond donors (Lipinski definition) is 0. The largest absolute Gasteiger partial charge is 0.463 e. The number of carbonyl (C=O) groups excluding carboxylic acids is 2. The molecule has 4 nitrogen and oxygen atoms in total. The molecule has 0 spiro atoms. The molecule has 0 saturated carbocycles. The lowest BCUT2D eigenvalue weighted by atomic mass is 10.4. The van der Waals surface area contributed by atoms with Gasteiger partial charge in [0.15, 0.2) is 12.0 Å². The van der Waals surface area contributed by atoms with Crippen LogP contribution < -0.4 is 0 Å². The second-order valence-electron chi connectivity index (χ2n) is 2.44. The van der Waals surface area contributed by atoms with Gasteiger partial charge in [0.25, 0.3) is 0 Å². The minimum Gasteiger partial charge on any atom is -0.463 e. The molecule has 0 saturated heterocycles. The topological polar surface area (TPSA) is 56.5 Å². The van der Waals surface area contributed by atoms with Crippen LogP contribution in [-0.2, 0) is 9.53 Å². The number of rotatable bonds is 4. The van der Waals surface area contributed by atoms with Crippen molar-refractivity contribution in [3.05, 3.63) is 29.7 Å². The van der Waals surface area contributed by atoms with Gasteiger partial charge in [0.2, 0.25) is 0 Å². The van der Waals surface area contributed by atoms with Crippen LogP contribution in [0.5, 0.6) is 0 Å². The molecule has 0 atom stereocenters. The van der Waals surface area contributed by atoms with E-state index in [1.807, 2.05) is 0 Å². The predicted molar refractivity (Wildman–Crippen MR) is 49.8 cm³/mol. The number of carbonyl (C=O) groups is 2. The third-order valence-electron chi connectivity index (χ3n) is 1.43. The highest BCUT2D eigenvalue weighted by Crippen LogP contribution is 2.07. The Morgan fingerprint density at radius 1 is 1.50 bits per heavy atom. The van der Waals surface area contributed by atoms with Crippen molar-refractivity contribution in [3.63, 3.8) is 0 Å². The van der Waals surface area contributed by atoms with E-state index in [0.717, 1.165) is 0 Å². The average Bonchev–Trinajstić information content (AvgIpc) is 2.63. The summed E-state index contributed by atoms with van der Waals surface area (Å²) in [5, 5.41) is 0. The van der Waals surface area contributed by atoms with Crippen molar-refractivity contribution in [2.75, 3.05) is 6.61 Å². The van der Waals surface area contributed by atoms with Crippen LogP contribution >= 0.6 is 0 Å². The number of aldehydes is 1. The molecule has 0 fully saturated rings. The third-order valence-corrected chi connectivity index (χ3v) is 1.43. The van der Waals surface area contributed by atoms with Crippen LogP contribution in [0.3, 0.4) is 0 Å². The third kappa shape index (κ3) is 2.90. The van der Waals surface area contributed by atoms with E-state index < -0.39 is 5.97 Å².